The van der Waals surface area contributed by atoms with Gasteiger partial charge in [-0.2, -0.15) is 0 Å². The Morgan fingerprint density at radius 1 is 0.661 bits per heavy atom. The van der Waals surface area contributed by atoms with Crippen molar-refractivity contribution in [1.82, 2.24) is 4.57 Å². The fourth-order valence-corrected chi connectivity index (χ4v) is 9.61. The smallest absolute Gasteiger partial charge is 0.135 e. The summed E-state index contributed by atoms with van der Waals surface area (Å²) in [6.45, 7) is 4.46. The Kier molecular flexibility index (Phi) is 8.02. The standard InChI is InChI=1S/C53H42N4O2/c1-3-12-45-51(54)49-42-31-58-53-40(24-26-44-50(53)52(55)46(13-4-2)57(44)36-18-10-16-33(28-36)32-14-6-5-7-15-32)38(42)23-25-43(49)56(45)37-19-11-17-34(29-37)35-22-27-48-41(30-35)39-20-8-9-21-47(39)59-48/h3-30,44,50H,31,54-55H2,1-2H3/b12-3-,13-4-. The molecule has 6 heteroatoms. The molecule has 0 saturated carbocycles. The lowest BCUT2D eigenvalue weighted by molar-refractivity contribution is 0.167. The van der Waals surface area contributed by atoms with E-state index in [0.717, 1.165) is 106 Å². The molecule has 0 spiro atoms. The Labute approximate surface area is 342 Å². The molecule has 59 heavy (non-hydrogen) atoms. The van der Waals surface area contributed by atoms with Gasteiger partial charge in [-0.15, -0.1) is 0 Å². The molecule has 8 aromatic rings. The van der Waals surface area contributed by atoms with E-state index in [1.165, 1.54) is 5.56 Å². The minimum atomic E-state index is -0.145. The molecule has 6 aromatic carbocycles. The third-order valence-corrected chi connectivity index (χ3v) is 12.2. The Bertz CT molecular complexity index is 3170. The number of anilines is 2. The molecule has 1 aliphatic carbocycles. The average Bonchev–Trinajstić information content (AvgIpc) is 3.90. The first-order valence-corrected chi connectivity index (χ1v) is 20.3. The number of ether oxygens (including phenoxy) is 1. The fraction of sp³-hybridized carbons (Fsp3) is 0.0943. The predicted octanol–water partition coefficient (Wildman–Crippen LogP) is 12.5. The van der Waals surface area contributed by atoms with Crippen molar-refractivity contribution in [1.29, 1.82) is 0 Å². The van der Waals surface area contributed by atoms with Gasteiger partial charge >= 0.3 is 0 Å². The molecule has 6 nitrogen and oxygen atoms in total. The molecular weight excluding hydrogens is 725 g/mol. The highest BCUT2D eigenvalue weighted by Gasteiger charge is 2.45. The lowest BCUT2D eigenvalue weighted by Gasteiger charge is -2.36. The second-order valence-electron chi connectivity index (χ2n) is 15.5. The summed E-state index contributed by atoms with van der Waals surface area (Å²) in [7, 11) is 0. The number of nitrogens with zero attached hydrogens (tertiary/aromatic N) is 2. The molecule has 2 aromatic heterocycles. The second kappa shape index (κ2) is 13.6. The van der Waals surface area contributed by atoms with Crippen molar-refractivity contribution < 1.29 is 9.15 Å². The van der Waals surface area contributed by atoms with Gasteiger partial charge in [0.15, 0.2) is 0 Å². The van der Waals surface area contributed by atoms with Gasteiger partial charge in [0.1, 0.15) is 23.5 Å². The molecule has 0 radical (unpaired) electrons. The Morgan fingerprint density at radius 2 is 1.37 bits per heavy atom. The summed E-state index contributed by atoms with van der Waals surface area (Å²) in [5.41, 5.74) is 30.6. The van der Waals surface area contributed by atoms with Crippen LogP contribution in [0.25, 0.3) is 72.4 Å². The quantitative estimate of drug-likeness (QED) is 0.176. The van der Waals surface area contributed by atoms with E-state index in [0.29, 0.717) is 6.61 Å². The number of hydrogen-bond donors (Lipinski definition) is 2. The van der Waals surface area contributed by atoms with E-state index in [4.69, 9.17) is 20.6 Å². The normalized spacial score (nSPS) is 17.5. The lowest BCUT2D eigenvalue weighted by atomic mass is 9.82. The van der Waals surface area contributed by atoms with Crippen molar-refractivity contribution in [2.24, 2.45) is 11.7 Å². The van der Waals surface area contributed by atoms with Gasteiger partial charge in [-0.3, -0.25) is 0 Å². The van der Waals surface area contributed by atoms with E-state index in [-0.39, 0.29) is 12.0 Å². The van der Waals surface area contributed by atoms with Crippen molar-refractivity contribution in [3.05, 3.63) is 198 Å². The zero-order chi connectivity index (χ0) is 39.8. The van der Waals surface area contributed by atoms with Crippen LogP contribution >= 0.6 is 0 Å². The predicted molar refractivity (Wildman–Crippen MR) is 244 cm³/mol. The number of hydrogen-bond acceptors (Lipinski definition) is 5. The van der Waals surface area contributed by atoms with Crippen LogP contribution in [0.5, 0.6) is 0 Å². The number of rotatable bonds is 6. The molecule has 286 valence electrons. The molecule has 0 bridgehead atoms. The molecule has 11 rings (SSSR count). The van der Waals surface area contributed by atoms with Gasteiger partial charge in [0, 0.05) is 44.4 Å². The topological polar surface area (TPSA) is 82.6 Å². The summed E-state index contributed by atoms with van der Waals surface area (Å²) in [5, 5.41) is 3.23. The van der Waals surface area contributed by atoms with Gasteiger partial charge in [-0.05, 0) is 102 Å². The largest absolute Gasteiger partial charge is 0.492 e. The third kappa shape index (κ3) is 5.33. The summed E-state index contributed by atoms with van der Waals surface area (Å²) >= 11 is 0. The van der Waals surface area contributed by atoms with E-state index in [9.17, 15) is 0 Å². The highest BCUT2D eigenvalue weighted by atomic mass is 16.5. The van der Waals surface area contributed by atoms with Crippen LogP contribution in [0.4, 0.5) is 11.4 Å². The van der Waals surface area contributed by atoms with Gasteiger partial charge < -0.3 is 30.1 Å². The van der Waals surface area contributed by atoms with E-state index >= 15 is 0 Å². The van der Waals surface area contributed by atoms with Crippen LogP contribution in [0, 0.1) is 5.92 Å². The number of nitrogen functional groups attached to an aromatic ring is 1. The minimum Gasteiger partial charge on any atom is -0.492 e. The molecular formula is C53H42N4O2. The van der Waals surface area contributed by atoms with Crippen molar-refractivity contribution in [2.75, 3.05) is 10.6 Å². The first-order valence-electron chi connectivity index (χ1n) is 20.3. The maximum atomic E-state index is 7.19. The third-order valence-electron chi connectivity index (χ3n) is 12.2. The first kappa shape index (κ1) is 34.8. The monoisotopic (exact) mass is 766 g/mol. The van der Waals surface area contributed by atoms with E-state index < -0.39 is 0 Å². The molecule has 4 heterocycles. The summed E-state index contributed by atoms with van der Waals surface area (Å²) in [6.07, 6.45) is 12.9. The van der Waals surface area contributed by atoms with Crippen LogP contribution in [0.15, 0.2) is 185 Å². The molecule has 2 atom stereocenters. The number of nitrogens with two attached hydrogens (primary N) is 2. The van der Waals surface area contributed by atoms with Crippen LogP contribution in [-0.4, -0.2) is 10.6 Å². The van der Waals surface area contributed by atoms with E-state index in [1.54, 1.807) is 0 Å². The summed E-state index contributed by atoms with van der Waals surface area (Å²) in [6, 6.07) is 46.9. The summed E-state index contributed by atoms with van der Waals surface area (Å²) in [5.74, 6) is 0.764. The molecule has 0 saturated heterocycles. The van der Waals surface area contributed by atoms with Crippen LogP contribution < -0.4 is 16.4 Å². The summed E-state index contributed by atoms with van der Waals surface area (Å²) < 4.78 is 15.3. The molecule has 2 unspecified atom stereocenters. The number of benzene rings is 6. The van der Waals surface area contributed by atoms with Gasteiger partial charge in [0.25, 0.3) is 0 Å². The Balaban J connectivity index is 1.00. The number of furan rings is 1. The number of para-hydroxylation sites is 1. The van der Waals surface area contributed by atoms with Crippen LogP contribution in [-0.2, 0) is 11.3 Å². The molecule has 2 aliphatic heterocycles. The maximum absolute atomic E-state index is 7.19. The first-order chi connectivity index (χ1) is 29.0. The second-order valence-corrected chi connectivity index (χ2v) is 15.5. The molecule has 0 fully saturated rings. The van der Waals surface area contributed by atoms with Crippen molar-refractivity contribution in [3.8, 4) is 27.9 Å². The lowest BCUT2D eigenvalue weighted by Crippen LogP contribution is -2.36. The summed E-state index contributed by atoms with van der Waals surface area (Å²) in [4.78, 5) is 2.36. The molecule has 0 amide bonds. The number of fused-ring (bicyclic) bond motifs is 9. The highest BCUT2D eigenvalue weighted by molar-refractivity contribution is 6.07. The van der Waals surface area contributed by atoms with Crippen LogP contribution in [0.2, 0.25) is 0 Å². The van der Waals surface area contributed by atoms with Gasteiger partial charge in [-0.1, -0.05) is 109 Å². The fourth-order valence-electron chi connectivity index (χ4n) is 9.61. The average molecular weight is 767 g/mol. The maximum Gasteiger partial charge on any atom is 0.135 e. The number of aromatic nitrogens is 1. The van der Waals surface area contributed by atoms with E-state index in [1.807, 2.05) is 32.0 Å². The van der Waals surface area contributed by atoms with Gasteiger partial charge in [0.2, 0.25) is 0 Å². The highest BCUT2D eigenvalue weighted by Crippen LogP contribution is 2.50. The zero-order valence-electron chi connectivity index (χ0n) is 32.9. The van der Waals surface area contributed by atoms with Gasteiger partial charge in [-0.25, -0.2) is 0 Å². The van der Waals surface area contributed by atoms with Crippen molar-refractivity contribution in [2.45, 2.75) is 26.5 Å². The number of allylic oxidation sites excluding steroid dienone is 5. The SMILES string of the molecule is C/C=C\C1=C(N)C2C3=C(C=CC2N1c1cccc(-c2ccccc2)c1)c1ccc2c(c(N)c(/C=C\C)n2-c2cccc(-c4ccc5oc6ccccc6c5c4)c2)c1CO3. The Morgan fingerprint density at radius 3 is 2.20 bits per heavy atom. The van der Waals surface area contributed by atoms with Crippen molar-refractivity contribution >= 4 is 55.9 Å². The Hall–Kier alpha value is -7.44. The van der Waals surface area contributed by atoms with Crippen LogP contribution in [0.3, 0.4) is 0 Å². The minimum absolute atomic E-state index is 0.0380. The van der Waals surface area contributed by atoms with E-state index in [2.05, 4.69) is 161 Å². The van der Waals surface area contributed by atoms with Gasteiger partial charge in [0.05, 0.1) is 34.6 Å². The molecule has 4 N–H and O–H groups in total. The molecule has 3 aliphatic rings. The van der Waals surface area contributed by atoms with Crippen LogP contribution in [0.1, 0.15) is 30.7 Å². The van der Waals surface area contributed by atoms with Crippen molar-refractivity contribution in [3.63, 3.8) is 0 Å². The zero-order valence-corrected chi connectivity index (χ0v) is 32.9.